The van der Waals surface area contributed by atoms with Gasteiger partial charge in [0.15, 0.2) is 5.79 Å². The summed E-state index contributed by atoms with van der Waals surface area (Å²) in [7, 11) is 1.53. The number of phenols is 1. The van der Waals surface area contributed by atoms with Crippen LogP contribution in [0.15, 0.2) is 24.3 Å². The average molecular weight is 359 g/mol. The molecule has 0 bridgehead atoms. The van der Waals surface area contributed by atoms with E-state index in [4.69, 9.17) is 4.74 Å². The highest BCUT2D eigenvalue weighted by molar-refractivity contribution is 6.05. The van der Waals surface area contributed by atoms with Crippen molar-refractivity contribution in [2.24, 2.45) is 23.7 Å². The second-order valence-corrected chi connectivity index (χ2v) is 7.88. The summed E-state index contributed by atoms with van der Waals surface area (Å²) in [6.07, 6.45) is 2.16. The molecule has 0 spiro atoms. The van der Waals surface area contributed by atoms with Crippen molar-refractivity contribution in [1.29, 1.82) is 0 Å². The Kier molecular flexibility index (Phi) is 4.08. The Morgan fingerprint density at radius 1 is 1.27 bits per heavy atom. The number of aromatic hydroxyl groups is 1. The molecule has 6 heteroatoms. The molecule has 0 unspecified atom stereocenters. The van der Waals surface area contributed by atoms with Crippen LogP contribution in [-0.2, 0) is 14.3 Å². The van der Waals surface area contributed by atoms with Gasteiger partial charge in [-0.3, -0.25) is 14.5 Å². The standard InChI is InChI=1S/C20H25NO5/c1-3-5-12-9-14-17(19(24)21(2)18(14)23)15-10-16(26-20(12,15)25)11-6-4-7-13(22)8-11/h4,6-8,12,14-17,22,25H,3,5,9-10H2,1-2H3/t12-,14-,15-,16-,17-,20+/m0/s1. The van der Waals surface area contributed by atoms with E-state index >= 15 is 0 Å². The van der Waals surface area contributed by atoms with Crippen LogP contribution < -0.4 is 0 Å². The lowest BCUT2D eigenvalue weighted by Crippen LogP contribution is -2.53. The molecule has 4 rings (SSSR count). The van der Waals surface area contributed by atoms with Crippen LogP contribution in [-0.4, -0.2) is 39.8 Å². The number of aliphatic hydroxyl groups is 1. The van der Waals surface area contributed by atoms with Crippen molar-refractivity contribution in [3.8, 4) is 5.75 Å². The molecule has 1 aromatic carbocycles. The third kappa shape index (κ3) is 2.39. The van der Waals surface area contributed by atoms with E-state index in [0.717, 1.165) is 18.4 Å². The molecule has 2 saturated heterocycles. The number of rotatable bonds is 3. The van der Waals surface area contributed by atoms with Crippen molar-refractivity contribution in [2.75, 3.05) is 7.05 Å². The summed E-state index contributed by atoms with van der Waals surface area (Å²) in [5.74, 6) is -3.08. The lowest BCUT2D eigenvalue weighted by Gasteiger charge is -2.44. The minimum absolute atomic E-state index is 0.135. The largest absolute Gasteiger partial charge is 0.508 e. The van der Waals surface area contributed by atoms with Crippen molar-refractivity contribution in [2.45, 2.75) is 44.5 Å². The second-order valence-electron chi connectivity index (χ2n) is 7.88. The predicted octanol–water partition coefficient (Wildman–Crippen LogP) is 2.21. The molecule has 2 aliphatic heterocycles. The van der Waals surface area contributed by atoms with Crippen molar-refractivity contribution < 1.29 is 24.5 Å². The van der Waals surface area contributed by atoms with Gasteiger partial charge in [0.2, 0.25) is 11.8 Å². The summed E-state index contributed by atoms with van der Waals surface area (Å²) < 4.78 is 6.15. The predicted molar refractivity (Wildman–Crippen MR) is 92.8 cm³/mol. The molecule has 3 fully saturated rings. The first-order chi connectivity index (χ1) is 12.4. The van der Waals surface area contributed by atoms with E-state index in [2.05, 4.69) is 0 Å². The molecular weight excluding hydrogens is 334 g/mol. The highest BCUT2D eigenvalue weighted by Gasteiger charge is 2.65. The number of fused-ring (bicyclic) bond motifs is 3. The highest BCUT2D eigenvalue weighted by atomic mass is 16.6. The molecular formula is C20H25NO5. The zero-order valence-corrected chi connectivity index (χ0v) is 15.1. The zero-order chi connectivity index (χ0) is 18.6. The summed E-state index contributed by atoms with van der Waals surface area (Å²) >= 11 is 0. The molecule has 140 valence electrons. The Morgan fingerprint density at radius 2 is 2.04 bits per heavy atom. The molecule has 3 aliphatic rings. The first-order valence-corrected chi connectivity index (χ1v) is 9.37. The number of likely N-dealkylation sites (tertiary alicyclic amines) is 1. The fraction of sp³-hybridized carbons (Fsp3) is 0.600. The summed E-state index contributed by atoms with van der Waals surface area (Å²) in [6, 6.07) is 6.81. The number of imide groups is 1. The normalized spacial score (nSPS) is 39.2. The summed E-state index contributed by atoms with van der Waals surface area (Å²) in [4.78, 5) is 26.4. The quantitative estimate of drug-likeness (QED) is 0.808. The number of nitrogens with zero attached hydrogens (tertiary/aromatic N) is 1. The minimum Gasteiger partial charge on any atom is -0.508 e. The molecule has 1 saturated carbocycles. The van der Waals surface area contributed by atoms with Crippen LogP contribution in [0.2, 0.25) is 0 Å². The number of carbonyl (C=O) groups is 2. The Labute approximate surface area is 152 Å². The van der Waals surface area contributed by atoms with Gasteiger partial charge in [0.25, 0.3) is 0 Å². The Bertz CT molecular complexity index is 749. The van der Waals surface area contributed by atoms with Gasteiger partial charge >= 0.3 is 0 Å². The van der Waals surface area contributed by atoms with Crippen LogP contribution in [0.3, 0.4) is 0 Å². The minimum atomic E-state index is -1.41. The van der Waals surface area contributed by atoms with E-state index in [1.54, 1.807) is 18.2 Å². The number of amides is 2. The number of hydrogen-bond donors (Lipinski definition) is 2. The smallest absolute Gasteiger partial charge is 0.233 e. The molecule has 2 amide bonds. The van der Waals surface area contributed by atoms with E-state index in [9.17, 15) is 19.8 Å². The van der Waals surface area contributed by atoms with E-state index < -0.39 is 23.7 Å². The van der Waals surface area contributed by atoms with Crippen molar-refractivity contribution >= 4 is 11.8 Å². The molecule has 6 atom stereocenters. The first kappa shape index (κ1) is 17.5. The van der Waals surface area contributed by atoms with Gasteiger partial charge in [-0.25, -0.2) is 0 Å². The molecule has 0 radical (unpaired) electrons. The second kappa shape index (κ2) is 6.06. The molecule has 0 aromatic heterocycles. The van der Waals surface area contributed by atoms with E-state index in [1.807, 2.05) is 13.0 Å². The SMILES string of the molecule is CCC[C@H]1C[C@@H]2C(=O)N(C)C(=O)[C@@H]2[C@@H]2C[C@@H](c3cccc(O)c3)O[C@]12O. The van der Waals surface area contributed by atoms with Gasteiger partial charge < -0.3 is 14.9 Å². The van der Waals surface area contributed by atoms with E-state index in [1.165, 1.54) is 11.9 Å². The number of ether oxygens (including phenoxy) is 1. The summed E-state index contributed by atoms with van der Waals surface area (Å²) in [5.41, 5.74) is 0.782. The molecule has 2 N–H and O–H groups in total. The fourth-order valence-corrected chi connectivity index (χ4v) is 5.25. The Balaban J connectivity index is 1.72. The van der Waals surface area contributed by atoms with Gasteiger partial charge in [-0.1, -0.05) is 25.5 Å². The van der Waals surface area contributed by atoms with Gasteiger partial charge in [-0.05, 0) is 37.0 Å². The molecule has 2 heterocycles. The number of hydrogen-bond acceptors (Lipinski definition) is 5. The monoisotopic (exact) mass is 359 g/mol. The maximum Gasteiger partial charge on any atom is 0.233 e. The van der Waals surface area contributed by atoms with Crippen LogP contribution in [0, 0.1) is 23.7 Å². The maximum atomic E-state index is 12.7. The van der Waals surface area contributed by atoms with Gasteiger partial charge in [-0.15, -0.1) is 0 Å². The van der Waals surface area contributed by atoms with Crippen molar-refractivity contribution in [1.82, 2.24) is 4.90 Å². The first-order valence-electron chi connectivity index (χ1n) is 9.37. The van der Waals surface area contributed by atoms with Crippen molar-refractivity contribution in [3.05, 3.63) is 29.8 Å². The zero-order valence-electron chi connectivity index (χ0n) is 15.1. The van der Waals surface area contributed by atoms with Gasteiger partial charge in [0.1, 0.15) is 5.75 Å². The van der Waals surface area contributed by atoms with Gasteiger partial charge in [-0.2, -0.15) is 0 Å². The summed E-state index contributed by atoms with van der Waals surface area (Å²) in [5, 5.41) is 21.2. The van der Waals surface area contributed by atoms with Crippen LogP contribution in [0.25, 0.3) is 0 Å². The molecule has 26 heavy (non-hydrogen) atoms. The Hall–Kier alpha value is -1.92. The molecule has 6 nitrogen and oxygen atoms in total. The van der Waals surface area contributed by atoms with E-state index in [-0.39, 0.29) is 29.4 Å². The highest BCUT2D eigenvalue weighted by Crippen LogP contribution is 2.58. The Morgan fingerprint density at radius 3 is 2.73 bits per heavy atom. The number of benzene rings is 1. The summed E-state index contributed by atoms with van der Waals surface area (Å²) in [6.45, 7) is 2.04. The third-order valence-electron chi connectivity index (χ3n) is 6.46. The van der Waals surface area contributed by atoms with Crippen LogP contribution in [0.4, 0.5) is 0 Å². The maximum absolute atomic E-state index is 12.7. The average Bonchev–Trinajstić information content (AvgIpc) is 3.07. The van der Waals surface area contributed by atoms with Gasteiger partial charge in [0, 0.05) is 18.9 Å². The number of phenolic OH excluding ortho intramolecular Hbond substituents is 1. The third-order valence-corrected chi connectivity index (χ3v) is 6.46. The molecule has 1 aliphatic carbocycles. The van der Waals surface area contributed by atoms with E-state index in [0.29, 0.717) is 12.8 Å². The fourth-order valence-electron chi connectivity index (χ4n) is 5.25. The number of carbonyl (C=O) groups excluding carboxylic acids is 2. The van der Waals surface area contributed by atoms with Crippen LogP contribution >= 0.6 is 0 Å². The van der Waals surface area contributed by atoms with Crippen LogP contribution in [0.5, 0.6) is 5.75 Å². The lowest BCUT2D eigenvalue weighted by atomic mass is 9.63. The molecule has 1 aromatic rings. The van der Waals surface area contributed by atoms with Crippen molar-refractivity contribution in [3.63, 3.8) is 0 Å². The van der Waals surface area contributed by atoms with Crippen LogP contribution in [0.1, 0.15) is 44.3 Å². The topological polar surface area (TPSA) is 87.1 Å². The van der Waals surface area contributed by atoms with Gasteiger partial charge in [0.05, 0.1) is 17.9 Å². The lowest BCUT2D eigenvalue weighted by molar-refractivity contribution is -0.270.